The third-order valence-electron chi connectivity index (χ3n) is 3.48. The van der Waals surface area contributed by atoms with Crippen molar-refractivity contribution in [1.82, 2.24) is 5.32 Å². The molecular weight excluding hydrogens is 248 g/mol. The molecule has 1 rings (SSSR count). The normalized spacial score (nSPS) is 13.9. The van der Waals surface area contributed by atoms with Gasteiger partial charge in [-0.3, -0.25) is 4.79 Å². The molecule has 0 aliphatic rings. The van der Waals surface area contributed by atoms with Crippen LogP contribution >= 0.6 is 0 Å². The Morgan fingerprint density at radius 3 is 2.20 bits per heavy atom. The fraction of sp³-hybridized carbons (Fsp3) is 0.588. The molecule has 0 heterocycles. The minimum absolute atomic E-state index is 0.00855. The number of hydrogen-bond donors (Lipinski definition) is 2. The van der Waals surface area contributed by atoms with Crippen LogP contribution in [0.15, 0.2) is 30.3 Å². The third-order valence-corrected chi connectivity index (χ3v) is 3.48. The van der Waals surface area contributed by atoms with Gasteiger partial charge in [-0.25, -0.2) is 0 Å². The van der Waals surface area contributed by atoms with Crippen molar-refractivity contribution < 1.29 is 4.79 Å². The summed E-state index contributed by atoms with van der Waals surface area (Å²) in [4.78, 5) is 12.1. The largest absolute Gasteiger partial charge is 0.354 e. The molecule has 1 amide bonds. The molecule has 0 aliphatic carbocycles. The summed E-state index contributed by atoms with van der Waals surface area (Å²) in [5.74, 6) is -0.0707. The lowest BCUT2D eigenvalue weighted by Crippen LogP contribution is -2.50. The maximum atomic E-state index is 12.1. The van der Waals surface area contributed by atoms with Crippen LogP contribution in [0.25, 0.3) is 0 Å². The van der Waals surface area contributed by atoms with E-state index in [9.17, 15) is 4.79 Å². The number of benzene rings is 1. The second-order valence-electron chi connectivity index (χ2n) is 7.39. The Balaban J connectivity index is 2.53. The molecule has 0 aliphatic heterocycles. The average Bonchev–Trinajstić information content (AvgIpc) is 2.34. The van der Waals surface area contributed by atoms with Gasteiger partial charge in [-0.15, -0.1) is 0 Å². The fourth-order valence-electron chi connectivity index (χ4n) is 2.04. The predicted molar refractivity (Wildman–Crippen MR) is 84.4 cm³/mol. The Labute approximate surface area is 122 Å². The van der Waals surface area contributed by atoms with Gasteiger partial charge in [0.05, 0.1) is 6.04 Å². The first-order chi connectivity index (χ1) is 9.12. The quantitative estimate of drug-likeness (QED) is 0.869. The summed E-state index contributed by atoms with van der Waals surface area (Å²) < 4.78 is 0. The van der Waals surface area contributed by atoms with Crippen LogP contribution < -0.4 is 11.1 Å². The zero-order chi connectivity index (χ0) is 15.4. The van der Waals surface area contributed by atoms with Gasteiger partial charge in [0.25, 0.3) is 0 Å². The molecule has 0 radical (unpaired) electrons. The van der Waals surface area contributed by atoms with Crippen molar-refractivity contribution in [2.24, 2.45) is 16.6 Å². The van der Waals surface area contributed by atoms with Crippen molar-refractivity contribution in [3.05, 3.63) is 35.9 Å². The van der Waals surface area contributed by atoms with Crippen LogP contribution in [0.5, 0.6) is 0 Å². The number of carbonyl (C=O) groups is 1. The first kappa shape index (κ1) is 16.7. The number of carbonyl (C=O) groups excluding carboxylic acids is 1. The summed E-state index contributed by atoms with van der Waals surface area (Å²) in [6, 6.07) is 9.85. The van der Waals surface area contributed by atoms with Crippen LogP contribution in [0.2, 0.25) is 0 Å². The molecule has 1 atom stereocenters. The molecule has 0 spiro atoms. The van der Waals surface area contributed by atoms with Gasteiger partial charge in [-0.05, 0) is 22.8 Å². The number of nitrogens with one attached hydrogen (secondary N) is 1. The van der Waals surface area contributed by atoms with E-state index in [2.05, 4.69) is 31.3 Å². The number of amides is 1. The Morgan fingerprint density at radius 1 is 1.15 bits per heavy atom. The van der Waals surface area contributed by atoms with Crippen LogP contribution in [-0.4, -0.2) is 18.5 Å². The van der Waals surface area contributed by atoms with Crippen molar-refractivity contribution in [1.29, 1.82) is 0 Å². The van der Waals surface area contributed by atoms with Gasteiger partial charge in [0.2, 0.25) is 5.91 Å². The summed E-state index contributed by atoms with van der Waals surface area (Å²) in [5.41, 5.74) is 7.04. The average molecular weight is 276 g/mol. The minimum Gasteiger partial charge on any atom is -0.354 e. The molecule has 3 heteroatoms. The smallest absolute Gasteiger partial charge is 0.237 e. The van der Waals surface area contributed by atoms with E-state index in [4.69, 9.17) is 5.73 Å². The molecule has 0 bridgehead atoms. The van der Waals surface area contributed by atoms with Crippen molar-refractivity contribution in [2.75, 3.05) is 6.54 Å². The zero-order valence-electron chi connectivity index (χ0n) is 13.4. The van der Waals surface area contributed by atoms with E-state index in [-0.39, 0.29) is 16.7 Å². The highest BCUT2D eigenvalue weighted by Crippen LogP contribution is 2.22. The van der Waals surface area contributed by atoms with Gasteiger partial charge in [-0.2, -0.15) is 0 Å². The Hall–Kier alpha value is -1.35. The first-order valence-electron chi connectivity index (χ1n) is 7.19. The van der Waals surface area contributed by atoms with E-state index >= 15 is 0 Å². The highest BCUT2D eigenvalue weighted by Gasteiger charge is 2.28. The minimum atomic E-state index is -0.477. The van der Waals surface area contributed by atoms with Gasteiger partial charge in [0, 0.05) is 6.54 Å². The molecule has 3 nitrogen and oxygen atoms in total. The molecule has 20 heavy (non-hydrogen) atoms. The lowest BCUT2D eigenvalue weighted by atomic mass is 9.84. The van der Waals surface area contributed by atoms with Gasteiger partial charge >= 0.3 is 0 Å². The third kappa shape index (κ3) is 5.33. The number of rotatable bonds is 5. The summed E-state index contributed by atoms with van der Waals surface area (Å²) in [6.07, 6.45) is 0.929. The van der Waals surface area contributed by atoms with Gasteiger partial charge < -0.3 is 11.1 Å². The molecule has 112 valence electrons. The van der Waals surface area contributed by atoms with E-state index in [1.54, 1.807) is 0 Å². The second kappa shape index (κ2) is 6.40. The molecule has 0 aromatic heterocycles. The Kier molecular flexibility index (Phi) is 5.35. The van der Waals surface area contributed by atoms with E-state index in [1.807, 2.05) is 39.0 Å². The molecule has 1 aromatic carbocycles. The molecule has 0 saturated heterocycles. The van der Waals surface area contributed by atoms with Crippen LogP contribution in [0.4, 0.5) is 0 Å². The SMILES string of the molecule is CC(C)(CNC(=O)[C@@H](N)C(C)(C)C)Cc1ccccc1. The molecule has 0 saturated carbocycles. The summed E-state index contributed by atoms with van der Waals surface area (Å²) in [6.45, 7) is 10.9. The van der Waals surface area contributed by atoms with E-state index in [1.165, 1.54) is 5.56 Å². The number of hydrogen-bond acceptors (Lipinski definition) is 2. The lowest BCUT2D eigenvalue weighted by molar-refractivity contribution is -0.124. The highest BCUT2D eigenvalue weighted by atomic mass is 16.2. The van der Waals surface area contributed by atoms with E-state index in [0.717, 1.165) is 6.42 Å². The van der Waals surface area contributed by atoms with Gasteiger partial charge in [0.1, 0.15) is 0 Å². The zero-order valence-corrected chi connectivity index (χ0v) is 13.4. The maximum Gasteiger partial charge on any atom is 0.237 e. The van der Waals surface area contributed by atoms with Crippen LogP contribution in [0.3, 0.4) is 0 Å². The van der Waals surface area contributed by atoms with Crippen LogP contribution in [0.1, 0.15) is 40.2 Å². The molecule has 3 N–H and O–H groups in total. The lowest BCUT2D eigenvalue weighted by Gasteiger charge is -2.29. The van der Waals surface area contributed by atoms with Gasteiger partial charge in [0.15, 0.2) is 0 Å². The predicted octanol–water partition coefficient (Wildman–Crippen LogP) is 2.74. The van der Waals surface area contributed by atoms with Crippen LogP contribution in [0, 0.1) is 10.8 Å². The fourth-order valence-corrected chi connectivity index (χ4v) is 2.04. The molecule has 1 aromatic rings. The molecular formula is C17H28N2O. The summed E-state index contributed by atoms with van der Waals surface area (Å²) in [7, 11) is 0. The Morgan fingerprint density at radius 2 is 1.70 bits per heavy atom. The Bertz CT molecular complexity index is 432. The van der Waals surface area contributed by atoms with E-state index in [0.29, 0.717) is 6.54 Å². The van der Waals surface area contributed by atoms with Crippen molar-refractivity contribution in [2.45, 2.75) is 47.1 Å². The van der Waals surface area contributed by atoms with Gasteiger partial charge in [-0.1, -0.05) is 65.0 Å². The van der Waals surface area contributed by atoms with Crippen molar-refractivity contribution >= 4 is 5.91 Å². The molecule has 0 unspecified atom stereocenters. The topological polar surface area (TPSA) is 55.1 Å². The first-order valence-corrected chi connectivity index (χ1v) is 7.19. The standard InChI is InChI=1S/C17H28N2O/c1-16(2,3)14(18)15(20)19-12-17(4,5)11-13-9-7-6-8-10-13/h6-10,14H,11-12,18H2,1-5H3,(H,19,20)/t14-/m1/s1. The van der Waals surface area contributed by atoms with Crippen molar-refractivity contribution in [3.8, 4) is 0 Å². The number of nitrogens with two attached hydrogens (primary N) is 1. The van der Waals surface area contributed by atoms with Crippen molar-refractivity contribution in [3.63, 3.8) is 0 Å². The molecule has 0 fully saturated rings. The van der Waals surface area contributed by atoms with Crippen LogP contribution in [-0.2, 0) is 11.2 Å². The maximum absolute atomic E-state index is 12.1. The second-order valence-corrected chi connectivity index (χ2v) is 7.39. The van der Waals surface area contributed by atoms with E-state index < -0.39 is 6.04 Å². The monoisotopic (exact) mass is 276 g/mol. The summed E-state index contributed by atoms with van der Waals surface area (Å²) in [5, 5.41) is 2.99. The summed E-state index contributed by atoms with van der Waals surface area (Å²) >= 11 is 0. The highest BCUT2D eigenvalue weighted by molar-refractivity contribution is 5.82.